The van der Waals surface area contributed by atoms with Gasteiger partial charge in [-0.3, -0.25) is 0 Å². The number of rotatable bonds is 3. The predicted molar refractivity (Wildman–Crippen MR) is 96.5 cm³/mol. The molecule has 0 unspecified atom stereocenters. The van der Waals surface area contributed by atoms with Crippen molar-refractivity contribution in [1.82, 2.24) is 5.32 Å². The Bertz CT molecular complexity index is 423. The van der Waals surface area contributed by atoms with Gasteiger partial charge < -0.3 is 11.1 Å². The molecule has 0 heterocycles. The molecule has 1 aliphatic carbocycles. The van der Waals surface area contributed by atoms with E-state index in [1.165, 1.54) is 49.7 Å². The molecule has 4 heteroatoms. The van der Waals surface area contributed by atoms with Crippen molar-refractivity contribution in [2.45, 2.75) is 58.0 Å². The van der Waals surface area contributed by atoms with Crippen LogP contribution in [0.3, 0.4) is 0 Å². The van der Waals surface area contributed by atoms with Gasteiger partial charge in [-0.2, -0.15) is 0 Å². The first kappa shape index (κ1) is 17.3. The van der Waals surface area contributed by atoms with Gasteiger partial charge in [-0.1, -0.05) is 55.5 Å². The van der Waals surface area contributed by atoms with E-state index < -0.39 is 0 Å². The molecule has 1 aliphatic rings. The van der Waals surface area contributed by atoms with Crippen LogP contribution in [-0.2, 0) is 6.54 Å². The maximum absolute atomic E-state index is 5.98. The lowest BCUT2D eigenvalue weighted by Crippen LogP contribution is -2.39. The van der Waals surface area contributed by atoms with Gasteiger partial charge in [-0.25, -0.2) is 4.99 Å². The Labute approximate surface area is 139 Å². The first-order chi connectivity index (χ1) is 9.24. The van der Waals surface area contributed by atoms with Crippen LogP contribution in [0, 0.1) is 6.92 Å². The quantitative estimate of drug-likeness (QED) is 0.359. The molecule has 20 heavy (non-hydrogen) atoms. The second kappa shape index (κ2) is 9.21. The van der Waals surface area contributed by atoms with Crippen molar-refractivity contribution >= 4 is 29.9 Å². The highest BCUT2D eigenvalue weighted by molar-refractivity contribution is 14.0. The number of aryl methyl sites for hydroxylation is 1. The highest BCUT2D eigenvalue weighted by Gasteiger charge is 2.12. The Morgan fingerprint density at radius 3 is 2.60 bits per heavy atom. The summed E-state index contributed by atoms with van der Waals surface area (Å²) in [4.78, 5) is 4.44. The largest absolute Gasteiger partial charge is 0.370 e. The third-order valence-corrected chi connectivity index (χ3v) is 3.72. The van der Waals surface area contributed by atoms with E-state index in [1.807, 2.05) is 0 Å². The van der Waals surface area contributed by atoms with Crippen molar-refractivity contribution in [1.29, 1.82) is 0 Å². The minimum Gasteiger partial charge on any atom is -0.370 e. The van der Waals surface area contributed by atoms with Gasteiger partial charge in [0.25, 0.3) is 0 Å². The van der Waals surface area contributed by atoms with E-state index in [0.29, 0.717) is 18.5 Å². The molecule has 0 spiro atoms. The Hall–Kier alpha value is -0.780. The maximum atomic E-state index is 5.98. The number of guanidine groups is 1. The predicted octanol–water partition coefficient (Wildman–Crippen LogP) is 3.74. The summed E-state index contributed by atoms with van der Waals surface area (Å²) < 4.78 is 0. The molecule has 1 saturated carbocycles. The van der Waals surface area contributed by atoms with Crippen molar-refractivity contribution in [3.63, 3.8) is 0 Å². The minimum atomic E-state index is 0. The first-order valence-corrected chi connectivity index (χ1v) is 7.36. The third-order valence-electron chi connectivity index (χ3n) is 3.72. The van der Waals surface area contributed by atoms with E-state index in [1.54, 1.807) is 0 Å². The molecule has 112 valence electrons. The monoisotopic (exact) mass is 387 g/mol. The van der Waals surface area contributed by atoms with Crippen LogP contribution in [-0.4, -0.2) is 12.0 Å². The number of hydrogen-bond acceptors (Lipinski definition) is 1. The van der Waals surface area contributed by atoms with Gasteiger partial charge in [0.2, 0.25) is 0 Å². The van der Waals surface area contributed by atoms with Crippen molar-refractivity contribution in [2.24, 2.45) is 10.7 Å². The normalized spacial score (nSPS) is 17.1. The van der Waals surface area contributed by atoms with Crippen LogP contribution in [0.15, 0.2) is 29.3 Å². The van der Waals surface area contributed by atoms with Crippen molar-refractivity contribution < 1.29 is 0 Å². The zero-order valence-electron chi connectivity index (χ0n) is 12.3. The number of hydrogen-bond donors (Lipinski definition) is 2. The average molecular weight is 387 g/mol. The summed E-state index contributed by atoms with van der Waals surface area (Å²) in [6.45, 7) is 2.76. The van der Waals surface area contributed by atoms with E-state index >= 15 is 0 Å². The summed E-state index contributed by atoms with van der Waals surface area (Å²) in [7, 11) is 0. The van der Waals surface area contributed by atoms with Gasteiger partial charge in [-0.15, -0.1) is 24.0 Å². The smallest absolute Gasteiger partial charge is 0.189 e. The molecule has 0 saturated heterocycles. The Morgan fingerprint density at radius 2 is 1.95 bits per heavy atom. The van der Waals surface area contributed by atoms with E-state index in [0.717, 1.165) is 0 Å². The summed E-state index contributed by atoms with van der Waals surface area (Å²) in [6.07, 6.45) is 7.78. The van der Waals surface area contributed by atoms with Crippen LogP contribution in [0.2, 0.25) is 0 Å². The summed E-state index contributed by atoms with van der Waals surface area (Å²) in [5.74, 6) is 0.591. The molecule has 0 amide bonds. The fraction of sp³-hybridized carbons (Fsp3) is 0.562. The third kappa shape index (κ3) is 6.11. The van der Waals surface area contributed by atoms with Gasteiger partial charge in [0, 0.05) is 6.04 Å². The minimum absolute atomic E-state index is 0. The van der Waals surface area contributed by atoms with E-state index in [9.17, 15) is 0 Å². The van der Waals surface area contributed by atoms with Crippen LogP contribution >= 0.6 is 24.0 Å². The number of aliphatic imine (C=N–C) groups is 1. The summed E-state index contributed by atoms with van der Waals surface area (Å²) in [5.41, 5.74) is 8.46. The molecule has 0 aromatic heterocycles. The summed E-state index contributed by atoms with van der Waals surface area (Å²) >= 11 is 0. The molecule has 1 aromatic carbocycles. The Balaban J connectivity index is 0.00000200. The standard InChI is InChI=1S/C16H25N3.HI/c1-13-7-6-8-14(11-13)12-18-16(17)19-15-9-4-2-3-5-10-15;/h6-8,11,15H,2-5,9-10,12H2,1H3,(H3,17,18,19);1H. The Morgan fingerprint density at radius 1 is 1.25 bits per heavy atom. The van der Waals surface area contributed by atoms with Gasteiger partial charge in [0.1, 0.15) is 0 Å². The molecule has 0 aliphatic heterocycles. The molecule has 0 atom stereocenters. The van der Waals surface area contributed by atoms with Crippen LogP contribution in [0.5, 0.6) is 0 Å². The molecule has 0 radical (unpaired) electrons. The number of nitrogens with one attached hydrogen (secondary N) is 1. The Kier molecular flexibility index (Phi) is 7.95. The zero-order valence-corrected chi connectivity index (χ0v) is 14.6. The summed E-state index contributed by atoms with van der Waals surface area (Å²) in [5, 5.41) is 3.37. The van der Waals surface area contributed by atoms with Gasteiger partial charge in [0.05, 0.1) is 6.54 Å². The van der Waals surface area contributed by atoms with Gasteiger partial charge in [-0.05, 0) is 25.3 Å². The van der Waals surface area contributed by atoms with E-state index in [2.05, 4.69) is 41.5 Å². The highest BCUT2D eigenvalue weighted by atomic mass is 127. The van der Waals surface area contributed by atoms with E-state index in [-0.39, 0.29) is 24.0 Å². The first-order valence-electron chi connectivity index (χ1n) is 7.36. The van der Waals surface area contributed by atoms with Crippen LogP contribution in [0.25, 0.3) is 0 Å². The number of halogens is 1. The van der Waals surface area contributed by atoms with Crippen LogP contribution in [0.4, 0.5) is 0 Å². The topological polar surface area (TPSA) is 50.4 Å². The number of nitrogens with zero attached hydrogens (tertiary/aromatic N) is 1. The molecule has 0 bridgehead atoms. The average Bonchev–Trinajstić information content (AvgIpc) is 2.65. The lowest BCUT2D eigenvalue weighted by atomic mass is 10.1. The zero-order chi connectivity index (χ0) is 13.5. The molecule has 3 nitrogen and oxygen atoms in total. The van der Waals surface area contributed by atoms with Crippen LogP contribution in [0.1, 0.15) is 49.7 Å². The molecular formula is C16H26IN3. The lowest BCUT2D eigenvalue weighted by Gasteiger charge is -2.16. The molecular weight excluding hydrogens is 361 g/mol. The van der Waals surface area contributed by atoms with Gasteiger partial charge in [0.15, 0.2) is 5.96 Å². The molecule has 3 N–H and O–H groups in total. The van der Waals surface area contributed by atoms with Crippen molar-refractivity contribution in [3.8, 4) is 0 Å². The second-order valence-corrected chi connectivity index (χ2v) is 5.52. The highest BCUT2D eigenvalue weighted by Crippen LogP contribution is 2.17. The van der Waals surface area contributed by atoms with Crippen molar-refractivity contribution in [3.05, 3.63) is 35.4 Å². The fourth-order valence-corrected chi connectivity index (χ4v) is 2.67. The maximum Gasteiger partial charge on any atom is 0.189 e. The molecule has 2 rings (SSSR count). The fourth-order valence-electron chi connectivity index (χ4n) is 2.67. The van der Waals surface area contributed by atoms with Crippen molar-refractivity contribution in [2.75, 3.05) is 0 Å². The van der Waals surface area contributed by atoms with Crippen LogP contribution < -0.4 is 11.1 Å². The number of benzene rings is 1. The summed E-state index contributed by atoms with van der Waals surface area (Å²) in [6, 6.07) is 8.93. The number of nitrogens with two attached hydrogens (primary N) is 1. The van der Waals surface area contributed by atoms with E-state index in [4.69, 9.17) is 5.73 Å². The molecule has 1 aromatic rings. The van der Waals surface area contributed by atoms with Gasteiger partial charge >= 0.3 is 0 Å². The lowest BCUT2D eigenvalue weighted by molar-refractivity contribution is 0.530. The second-order valence-electron chi connectivity index (χ2n) is 5.52. The molecule has 1 fully saturated rings. The SMILES string of the molecule is Cc1cccc(CN=C(N)NC2CCCCCC2)c1.I.